The van der Waals surface area contributed by atoms with E-state index in [0.29, 0.717) is 10.6 Å². The summed E-state index contributed by atoms with van der Waals surface area (Å²) in [5.74, 6) is -0.160. The highest BCUT2D eigenvalue weighted by atomic mass is 31.2. The fraction of sp³-hybridized carbons (Fsp3) is 0.136. The summed E-state index contributed by atoms with van der Waals surface area (Å²) in [6.45, 7) is 0. The molecule has 3 aromatic rings. The largest absolute Gasteiger partial charge is 0.348 e. The van der Waals surface area contributed by atoms with Crippen molar-refractivity contribution >= 4 is 23.7 Å². The number of hydrogen-bond donors (Lipinski definition) is 0. The average molecular weight is 363 g/mol. The lowest BCUT2D eigenvalue weighted by molar-refractivity contribution is -0.128. The molecule has 3 nitrogen and oxygen atoms in total. The molecule has 1 unspecified atom stereocenters. The summed E-state index contributed by atoms with van der Waals surface area (Å²) in [4.78, 5) is 14.7. The van der Waals surface area contributed by atoms with Gasteiger partial charge in [-0.2, -0.15) is 0 Å². The van der Waals surface area contributed by atoms with Gasteiger partial charge in [-0.1, -0.05) is 91.0 Å². The van der Waals surface area contributed by atoms with Crippen molar-refractivity contribution in [3.05, 3.63) is 96.6 Å². The van der Waals surface area contributed by atoms with E-state index >= 15 is 0 Å². The predicted octanol–water partition coefficient (Wildman–Crippen LogP) is 3.83. The van der Waals surface area contributed by atoms with Crippen molar-refractivity contribution in [2.24, 2.45) is 0 Å². The van der Waals surface area contributed by atoms with Crippen molar-refractivity contribution in [2.75, 3.05) is 14.1 Å². The minimum Gasteiger partial charge on any atom is -0.348 e. The van der Waals surface area contributed by atoms with Gasteiger partial charge in [-0.15, -0.1) is 0 Å². The van der Waals surface area contributed by atoms with Crippen molar-refractivity contribution in [3.63, 3.8) is 0 Å². The highest BCUT2D eigenvalue weighted by molar-refractivity contribution is 7.79. The van der Waals surface area contributed by atoms with Gasteiger partial charge in [0, 0.05) is 24.7 Å². The van der Waals surface area contributed by atoms with E-state index < -0.39 is 12.8 Å². The molecule has 1 atom stereocenters. The van der Waals surface area contributed by atoms with Gasteiger partial charge in [0.2, 0.25) is 5.91 Å². The molecule has 1 amide bonds. The standard InChI is InChI=1S/C22H22NO2P/c1-23(2)22(24)21(18-12-6-3-7-13-18)26(25,19-14-8-4-9-15-19)20-16-10-5-11-17-20/h3-17,21H,1-2H3. The molecular weight excluding hydrogens is 341 g/mol. The Balaban J connectivity index is 2.31. The van der Waals surface area contributed by atoms with Crippen molar-refractivity contribution < 1.29 is 9.36 Å². The third kappa shape index (κ3) is 3.36. The Morgan fingerprint density at radius 1 is 0.731 bits per heavy atom. The number of rotatable bonds is 5. The summed E-state index contributed by atoms with van der Waals surface area (Å²) in [7, 11) is 0.157. The van der Waals surface area contributed by atoms with E-state index in [9.17, 15) is 9.36 Å². The number of likely N-dealkylation sites (N-methyl/N-ethyl adjacent to an activating group) is 1. The first-order chi connectivity index (χ1) is 12.5. The molecule has 0 aromatic heterocycles. The van der Waals surface area contributed by atoms with Gasteiger partial charge in [0.25, 0.3) is 0 Å². The first-order valence-electron chi connectivity index (χ1n) is 8.52. The van der Waals surface area contributed by atoms with Crippen molar-refractivity contribution in [3.8, 4) is 0 Å². The van der Waals surface area contributed by atoms with Crippen LogP contribution in [0.1, 0.15) is 11.2 Å². The van der Waals surface area contributed by atoms with Crippen LogP contribution in [0.25, 0.3) is 0 Å². The van der Waals surface area contributed by atoms with Crippen LogP contribution in [-0.2, 0) is 9.36 Å². The van der Waals surface area contributed by atoms with Crippen LogP contribution >= 0.6 is 7.14 Å². The van der Waals surface area contributed by atoms with E-state index in [2.05, 4.69) is 0 Å². The molecule has 0 saturated carbocycles. The third-order valence-electron chi connectivity index (χ3n) is 4.43. The van der Waals surface area contributed by atoms with Crippen LogP contribution in [-0.4, -0.2) is 24.9 Å². The number of benzene rings is 3. The van der Waals surface area contributed by atoms with Gasteiger partial charge in [-0.05, 0) is 5.56 Å². The zero-order valence-electron chi connectivity index (χ0n) is 14.9. The predicted molar refractivity (Wildman–Crippen MR) is 108 cm³/mol. The van der Waals surface area contributed by atoms with Gasteiger partial charge in [0.1, 0.15) is 5.66 Å². The van der Waals surface area contributed by atoms with Crippen LogP contribution in [0.3, 0.4) is 0 Å². The summed E-state index contributed by atoms with van der Waals surface area (Å²) in [5.41, 5.74) is 0.00531. The van der Waals surface area contributed by atoms with E-state index in [1.165, 1.54) is 4.90 Å². The lowest BCUT2D eigenvalue weighted by atomic mass is 10.1. The van der Waals surface area contributed by atoms with Crippen LogP contribution in [0.2, 0.25) is 0 Å². The van der Waals surface area contributed by atoms with Crippen molar-refractivity contribution in [1.82, 2.24) is 4.90 Å². The molecule has 26 heavy (non-hydrogen) atoms. The van der Waals surface area contributed by atoms with Gasteiger partial charge >= 0.3 is 0 Å². The normalized spacial score (nSPS) is 12.4. The molecule has 3 aromatic carbocycles. The molecule has 0 bridgehead atoms. The lowest BCUT2D eigenvalue weighted by Crippen LogP contribution is -2.33. The Kier molecular flexibility index (Phi) is 5.39. The van der Waals surface area contributed by atoms with E-state index in [1.807, 2.05) is 91.0 Å². The highest BCUT2D eigenvalue weighted by Gasteiger charge is 2.43. The van der Waals surface area contributed by atoms with Crippen LogP contribution in [0.5, 0.6) is 0 Å². The number of hydrogen-bond acceptors (Lipinski definition) is 2. The summed E-state index contributed by atoms with van der Waals surface area (Å²) < 4.78 is 14.6. The lowest BCUT2D eigenvalue weighted by Gasteiger charge is -2.30. The molecule has 4 heteroatoms. The molecule has 0 saturated heterocycles. The van der Waals surface area contributed by atoms with Gasteiger partial charge in [0.05, 0.1) is 0 Å². The minimum atomic E-state index is -3.26. The molecular formula is C22H22NO2P. The zero-order valence-corrected chi connectivity index (χ0v) is 15.8. The highest BCUT2D eigenvalue weighted by Crippen LogP contribution is 2.57. The Bertz CT molecular complexity index is 865. The monoisotopic (exact) mass is 363 g/mol. The molecule has 0 spiro atoms. The average Bonchev–Trinajstić information content (AvgIpc) is 2.70. The van der Waals surface area contributed by atoms with Crippen LogP contribution in [0.4, 0.5) is 0 Å². The quantitative estimate of drug-likeness (QED) is 0.646. The molecule has 0 aliphatic heterocycles. The first-order valence-corrected chi connectivity index (χ1v) is 10.3. The third-order valence-corrected chi connectivity index (χ3v) is 7.81. The maximum atomic E-state index is 14.6. The van der Waals surface area contributed by atoms with E-state index in [1.54, 1.807) is 14.1 Å². The van der Waals surface area contributed by atoms with Crippen LogP contribution in [0, 0.1) is 0 Å². The van der Waals surface area contributed by atoms with Gasteiger partial charge in [-0.25, -0.2) is 0 Å². The number of nitrogens with zero attached hydrogens (tertiary/aromatic N) is 1. The number of carbonyl (C=O) groups is 1. The Labute approximate surface area is 154 Å². The van der Waals surface area contributed by atoms with E-state index in [0.717, 1.165) is 5.56 Å². The minimum absolute atomic E-state index is 0.160. The molecule has 132 valence electrons. The molecule has 0 N–H and O–H groups in total. The van der Waals surface area contributed by atoms with Gasteiger partial charge in [0.15, 0.2) is 7.14 Å². The second-order valence-corrected chi connectivity index (χ2v) is 9.24. The molecule has 0 fully saturated rings. The maximum Gasteiger partial charge on any atom is 0.237 e. The van der Waals surface area contributed by atoms with Crippen LogP contribution < -0.4 is 10.6 Å². The summed E-state index contributed by atoms with van der Waals surface area (Å²) in [6.07, 6.45) is 0. The SMILES string of the molecule is CN(C)C(=O)C(c1ccccc1)P(=O)(c1ccccc1)c1ccccc1. The number of carbonyl (C=O) groups excluding carboxylic acids is 1. The Morgan fingerprint density at radius 2 is 1.12 bits per heavy atom. The Morgan fingerprint density at radius 3 is 1.50 bits per heavy atom. The molecule has 3 rings (SSSR count). The second kappa shape index (κ2) is 7.72. The number of amides is 1. The zero-order chi connectivity index (χ0) is 18.6. The fourth-order valence-corrected chi connectivity index (χ4v) is 6.39. The smallest absolute Gasteiger partial charge is 0.237 e. The molecule has 0 aliphatic carbocycles. The molecule has 0 heterocycles. The summed E-state index contributed by atoms with van der Waals surface area (Å²) in [6, 6.07) is 28.1. The van der Waals surface area contributed by atoms with Gasteiger partial charge in [-0.3, -0.25) is 4.79 Å². The van der Waals surface area contributed by atoms with E-state index in [4.69, 9.17) is 0 Å². The van der Waals surface area contributed by atoms with Gasteiger partial charge < -0.3 is 9.46 Å². The topological polar surface area (TPSA) is 37.4 Å². The summed E-state index contributed by atoms with van der Waals surface area (Å²) >= 11 is 0. The second-order valence-electron chi connectivity index (χ2n) is 6.37. The van der Waals surface area contributed by atoms with Crippen molar-refractivity contribution in [1.29, 1.82) is 0 Å². The van der Waals surface area contributed by atoms with E-state index in [-0.39, 0.29) is 5.91 Å². The molecule has 0 aliphatic rings. The van der Waals surface area contributed by atoms with Crippen molar-refractivity contribution in [2.45, 2.75) is 5.66 Å². The molecule has 0 radical (unpaired) electrons. The van der Waals surface area contributed by atoms with Crippen LogP contribution in [0.15, 0.2) is 91.0 Å². The fourth-order valence-electron chi connectivity index (χ4n) is 3.13. The Hall–Kier alpha value is -2.64. The first kappa shape index (κ1) is 18.2. The summed E-state index contributed by atoms with van der Waals surface area (Å²) in [5, 5.41) is 1.38. The maximum absolute atomic E-state index is 14.6.